The Balaban J connectivity index is 1.95. The number of carbonyl (C=O) groups is 1. The number of amides is 1. The summed E-state index contributed by atoms with van der Waals surface area (Å²) in [4.78, 5) is 18.3. The van der Waals surface area contributed by atoms with Gasteiger partial charge >= 0.3 is 0 Å². The van der Waals surface area contributed by atoms with Crippen LogP contribution in [0.1, 0.15) is 6.92 Å². The molecule has 0 saturated heterocycles. The molecule has 126 valence electrons. The van der Waals surface area contributed by atoms with Crippen LogP contribution >= 0.6 is 23.4 Å². The normalized spacial score (nSPS) is 14.2. The summed E-state index contributed by atoms with van der Waals surface area (Å²) in [7, 11) is -3.81. The number of nitrogens with zero attached hydrogens (tertiary/aromatic N) is 2. The molecule has 2 aromatic rings. The van der Waals surface area contributed by atoms with Crippen LogP contribution in [0.4, 0.5) is 11.5 Å². The summed E-state index contributed by atoms with van der Waals surface area (Å²) in [6, 6.07) is 7.79. The van der Waals surface area contributed by atoms with Gasteiger partial charge in [-0.2, -0.15) is 0 Å². The molecule has 0 spiro atoms. The Kier molecular flexibility index (Phi) is 4.71. The Labute approximate surface area is 149 Å². The fourth-order valence-electron chi connectivity index (χ4n) is 2.32. The number of hydrogen-bond acceptors (Lipinski definition) is 5. The number of sulfonamides is 1. The third-order valence-electron chi connectivity index (χ3n) is 3.45. The molecule has 6 nitrogen and oxygen atoms in total. The van der Waals surface area contributed by atoms with E-state index < -0.39 is 10.0 Å². The van der Waals surface area contributed by atoms with Crippen molar-refractivity contribution in [3.8, 4) is 0 Å². The number of aromatic nitrogens is 1. The van der Waals surface area contributed by atoms with E-state index in [1.165, 1.54) is 31.3 Å². The lowest BCUT2D eigenvalue weighted by Crippen LogP contribution is -2.33. The van der Waals surface area contributed by atoms with Crippen molar-refractivity contribution in [1.82, 2.24) is 4.98 Å². The molecule has 2 heterocycles. The second-order valence-electron chi connectivity index (χ2n) is 5.12. The number of hydrogen-bond donors (Lipinski definition) is 1. The molecule has 1 aromatic heterocycles. The maximum Gasteiger partial charge on any atom is 0.263 e. The van der Waals surface area contributed by atoms with Gasteiger partial charge in [-0.25, -0.2) is 13.4 Å². The Hall–Kier alpha value is -1.77. The number of nitrogens with one attached hydrogen (secondary N) is 1. The van der Waals surface area contributed by atoms with Crippen LogP contribution in [0.3, 0.4) is 0 Å². The van der Waals surface area contributed by atoms with Crippen molar-refractivity contribution >= 4 is 50.8 Å². The fourth-order valence-corrected chi connectivity index (χ4v) is 4.44. The average molecular weight is 384 g/mol. The highest BCUT2D eigenvalue weighted by atomic mass is 35.5. The Morgan fingerprint density at radius 3 is 2.79 bits per heavy atom. The minimum atomic E-state index is -3.81. The van der Waals surface area contributed by atoms with Gasteiger partial charge in [0.1, 0.15) is 5.82 Å². The summed E-state index contributed by atoms with van der Waals surface area (Å²) in [6.07, 6.45) is 1.36. The smallest absolute Gasteiger partial charge is 0.263 e. The Bertz CT molecular complexity index is 885. The second kappa shape index (κ2) is 6.62. The second-order valence-corrected chi connectivity index (χ2v) is 8.37. The predicted octanol–water partition coefficient (Wildman–Crippen LogP) is 2.99. The minimum absolute atomic E-state index is 0.0757. The molecule has 0 atom stereocenters. The molecule has 1 aliphatic heterocycles. The van der Waals surface area contributed by atoms with Gasteiger partial charge in [0, 0.05) is 30.3 Å². The molecule has 0 aliphatic carbocycles. The molecule has 0 unspecified atom stereocenters. The highest BCUT2D eigenvalue weighted by molar-refractivity contribution is 7.99. The molecule has 1 aromatic carbocycles. The number of halogens is 1. The third kappa shape index (κ3) is 3.50. The molecule has 9 heteroatoms. The summed E-state index contributed by atoms with van der Waals surface area (Å²) < 4.78 is 27.5. The molecule has 0 bridgehead atoms. The first-order valence-electron chi connectivity index (χ1n) is 7.06. The summed E-state index contributed by atoms with van der Waals surface area (Å²) >= 11 is 7.34. The van der Waals surface area contributed by atoms with Crippen molar-refractivity contribution in [3.05, 3.63) is 41.6 Å². The fraction of sp³-hybridized carbons (Fsp3) is 0.200. The molecule has 1 N–H and O–H groups in total. The molecule has 1 aliphatic rings. The average Bonchev–Trinajstić information content (AvgIpc) is 2.55. The predicted molar refractivity (Wildman–Crippen MR) is 95.2 cm³/mol. The maximum atomic E-state index is 12.6. The molecule has 0 radical (unpaired) electrons. The number of anilines is 2. The third-order valence-corrected chi connectivity index (χ3v) is 6.07. The van der Waals surface area contributed by atoms with Gasteiger partial charge in [0.05, 0.1) is 15.6 Å². The Morgan fingerprint density at radius 2 is 2.12 bits per heavy atom. The molecule has 0 saturated carbocycles. The highest BCUT2D eigenvalue weighted by Gasteiger charge is 2.24. The van der Waals surface area contributed by atoms with E-state index in [0.717, 1.165) is 10.6 Å². The first-order chi connectivity index (χ1) is 11.4. The topological polar surface area (TPSA) is 79.4 Å². The molecular formula is C15H14ClN3O3S2. The van der Waals surface area contributed by atoms with Gasteiger partial charge in [-0.05, 0) is 30.3 Å². The summed E-state index contributed by atoms with van der Waals surface area (Å²) in [5, 5.41) is 0.417. The van der Waals surface area contributed by atoms with E-state index in [1.807, 2.05) is 0 Å². The van der Waals surface area contributed by atoms with Gasteiger partial charge < -0.3 is 4.90 Å². The zero-order valence-electron chi connectivity index (χ0n) is 12.7. The van der Waals surface area contributed by atoms with E-state index in [2.05, 4.69) is 9.71 Å². The van der Waals surface area contributed by atoms with Crippen LogP contribution in [0, 0.1) is 0 Å². The van der Waals surface area contributed by atoms with E-state index in [-0.39, 0.29) is 16.6 Å². The van der Waals surface area contributed by atoms with Crippen molar-refractivity contribution in [2.75, 3.05) is 21.9 Å². The maximum absolute atomic E-state index is 12.6. The zero-order valence-corrected chi connectivity index (χ0v) is 15.1. The number of pyridine rings is 1. The zero-order chi connectivity index (χ0) is 17.3. The monoisotopic (exact) mass is 383 g/mol. The lowest BCUT2D eigenvalue weighted by Gasteiger charge is -2.28. The lowest BCUT2D eigenvalue weighted by atomic mass is 10.2. The number of fused-ring (bicyclic) bond motifs is 1. The first-order valence-corrected chi connectivity index (χ1v) is 9.91. The van der Waals surface area contributed by atoms with Crippen molar-refractivity contribution in [1.29, 1.82) is 0 Å². The van der Waals surface area contributed by atoms with Crippen molar-refractivity contribution in [2.24, 2.45) is 0 Å². The molecular weight excluding hydrogens is 370 g/mol. The van der Waals surface area contributed by atoms with Crippen LogP contribution < -0.4 is 9.62 Å². The van der Waals surface area contributed by atoms with Crippen LogP contribution in [-0.2, 0) is 14.8 Å². The van der Waals surface area contributed by atoms with Crippen molar-refractivity contribution in [3.63, 3.8) is 0 Å². The van der Waals surface area contributed by atoms with Gasteiger partial charge in [0.2, 0.25) is 5.91 Å². The van der Waals surface area contributed by atoms with Crippen LogP contribution in [0.15, 0.2) is 46.3 Å². The van der Waals surface area contributed by atoms with E-state index >= 15 is 0 Å². The van der Waals surface area contributed by atoms with E-state index in [1.54, 1.807) is 28.8 Å². The molecule has 24 heavy (non-hydrogen) atoms. The SMILES string of the molecule is CC(=O)N1CCSc2ccc(S(=O)(=O)Nc3ccc(Cl)cn3)cc21. The largest absolute Gasteiger partial charge is 0.311 e. The number of thioether (sulfide) groups is 1. The number of rotatable bonds is 3. The van der Waals surface area contributed by atoms with Gasteiger partial charge in [0.25, 0.3) is 10.0 Å². The standard InChI is InChI=1S/C15H14ClN3O3S2/c1-10(20)19-6-7-23-14-4-3-12(8-13(14)19)24(21,22)18-15-5-2-11(16)9-17-15/h2-5,8-9H,6-7H2,1H3,(H,17,18). The first kappa shape index (κ1) is 17.1. The molecule has 1 amide bonds. The van der Waals surface area contributed by atoms with Crippen LogP contribution in [0.2, 0.25) is 5.02 Å². The van der Waals surface area contributed by atoms with E-state index in [0.29, 0.717) is 17.3 Å². The summed E-state index contributed by atoms with van der Waals surface area (Å²) in [5.41, 5.74) is 0.616. The van der Waals surface area contributed by atoms with Gasteiger partial charge in [-0.3, -0.25) is 9.52 Å². The van der Waals surface area contributed by atoms with Gasteiger partial charge in [-0.15, -0.1) is 11.8 Å². The van der Waals surface area contributed by atoms with Crippen molar-refractivity contribution < 1.29 is 13.2 Å². The number of carbonyl (C=O) groups excluding carboxylic acids is 1. The van der Waals surface area contributed by atoms with E-state index in [9.17, 15) is 13.2 Å². The van der Waals surface area contributed by atoms with Gasteiger partial charge in [-0.1, -0.05) is 11.6 Å². The van der Waals surface area contributed by atoms with E-state index in [4.69, 9.17) is 11.6 Å². The van der Waals surface area contributed by atoms with Crippen LogP contribution in [0.5, 0.6) is 0 Å². The lowest BCUT2D eigenvalue weighted by molar-refractivity contribution is -0.116. The minimum Gasteiger partial charge on any atom is -0.311 e. The van der Waals surface area contributed by atoms with Crippen molar-refractivity contribution in [2.45, 2.75) is 16.7 Å². The van der Waals surface area contributed by atoms with Crippen LogP contribution in [-0.4, -0.2) is 31.6 Å². The highest BCUT2D eigenvalue weighted by Crippen LogP contribution is 2.36. The van der Waals surface area contributed by atoms with Gasteiger partial charge in [0.15, 0.2) is 0 Å². The molecule has 3 rings (SSSR count). The number of benzene rings is 1. The molecule has 0 fully saturated rings. The Morgan fingerprint density at radius 1 is 1.33 bits per heavy atom. The summed E-state index contributed by atoms with van der Waals surface area (Å²) in [5.74, 6) is 0.847. The van der Waals surface area contributed by atoms with Crippen LogP contribution in [0.25, 0.3) is 0 Å². The summed E-state index contributed by atoms with van der Waals surface area (Å²) in [6.45, 7) is 2.03. The quantitative estimate of drug-likeness (QED) is 0.881.